The van der Waals surface area contributed by atoms with Gasteiger partial charge in [0.15, 0.2) is 0 Å². The van der Waals surface area contributed by atoms with E-state index >= 15 is 0 Å². The largest absolute Gasteiger partial charge is 0.324 e. The summed E-state index contributed by atoms with van der Waals surface area (Å²) in [6, 6.07) is 8.76. The lowest BCUT2D eigenvalue weighted by Crippen LogP contribution is -2.16. The number of halogens is 2. The number of aryl methyl sites for hydroxylation is 2. The van der Waals surface area contributed by atoms with Gasteiger partial charge < -0.3 is 5.73 Å². The van der Waals surface area contributed by atoms with E-state index in [0.717, 1.165) is 22.5 Å². The molecule has 0 fully saturated rings. The second kappa shape index (κ2) is 5.80. The van der Waals surface area contributed by atoms with Gasteiger partial charge in [0.2, 0.25) is 0 Å². The molecule has 1 aromatic heterocycles. The maximum atomic E-state index is 13.5. The van der Waals surface area contributed by atoms with E-state index in [2.05, 4.69) is 20.9 Å². The highest BCUT2D eigenvalue weighted by molar-refractivity contribution is 9.10. The van der Waals surface area contributed by atoms with Gasteiger partial charge in [-0.1, -0.05) is 18.2 Å². The molecule has 1 atom stereocenters. The van der Waals surface area contributed by atoms with Crippen molar-refractivity contribution < 1.29 is 4.39 Å². The van der Waals surface area contributed by atoms with E-state index in [1.165, 1.54) is 6.07 Å². The predicted octanol–water partition coefficient (Wildman–Crippen LogP) is 3.84. The van der Waals surface area contributed by atoms with Crippen LogP contribution in [0.25, 0.3) is 0 Å². The molecule has 4 heteroatoms. The maximum Gasteiger partial charge on any atom is 0.137 e. The molecule has 0 radical (unpaired) electrons. The van der Waals surface area contributed by atoms with E-state index < -0.39 is 0 Å². The van der Waals surface area contributed by atoms with Gasteiger partial charge in [0.25, 0.3) is 0 Å². The van der Waals surface area contributed by atoms with E-state index in [9.17, 15) is 4.39 Å². The zero-order chi connectivity index (χ0) is 14.0. The highest BCUT2D eigenvalue weighted by atomic mass is 79.9. The summed E-state index contributed by atoms with van der Waals surface area (Å²) < 4.78 is 14.0. The number of nitrogens with zero attached hydrogens (tertiary/aromatic N) is 1. The summed E-state index contributed by atoms with van der Waals surface area (Å²) in [5.41, 5.74) is 9.99. The van der Waals surface area contributed by atoms with Crippen LogP contribution in [0.1, 0.15) is 28.6 Å². The Morgan fingerprint density at radius 2 is 2.00 bits per heavy atom. The SMILES string of the molecule is Cc1ccc(C(N)Cc2cccc(F)c2Br)c(C)n1. The van der Waals surface area contributed by atoms with Crippen molar-refractivity contribution in [1.29, 1.82) is 0 Å². The molecule has 0 bridgehead atoms. The zero-order valence-corrected chi connectivity index (χ0v) is 12.5. The normalized spacial score (nSPS) is 12.5. The van der Waals surface area contributed by atoms with Crippen LogP contribution in [0.15, 0.2) is 34.8 Å². The lowest BCUT2D eigenvalue weighted by molar-refractivity contribution is 0.613. The Morgan fingerprint density at radius 1 is 1.26 bits per heavy atom. The van der Waals surface area contributed by atoms with Crippen LogP contribution in [0.3, 0.4) is 0 Å². The maximum absolute atomic E-state index is 13.5. The third-order valence-electron chi connectivity index (χ3n) is 3.14. The van der Waals surface area contributed by atoms with Crippen LogP contribution in [0.4, 0.5) is 4.39 Å². The molecule has 0 aliphatic heterocycles. The first-order chi connectivity index (χ1) is 8.99. The fraction of sp³-hybridized carbons (Fsp3) is 0.267. The number of rotatable bonds is 3. The van der Waals surface area contributed by atoms with Gasteiger partial charge in [0.1, 0.15) is 5.82 Å². The summed E-state index contributed by atoms with van der Waals surface area (Å²) in [6.07, 6.45) is 0.573. The molecule has 0 saturated carbocycles. The minimum Gasteiger partial charge on any atom is -0.324 e. The Kier molecular flexibility index (Phi) is 4.32. The summed E-state index contributed by atoms with van der Waals surface area (Å²) in [4.78, 5) is 4.41. The van der Waals surface area contributed by atoms with Crippen molar-refractivity contribution in [3.63, 3.8) is 0 Å². The van der Waals surface area contributed by atoms with E-state index in [0.29, 0.717) is 10.9 Å². The molecule has 0 aliphatic carbocycles. The third kappa shape index (κ3) is 3.19. The van der Waals surface area contributed by atoms with Gasteiger partial charge in [-0.2, -0.15) is 0 Å². The summed E-state index contributed by atoms with van der Waals surface area (Å²) in [7, 11) is 0. The Labute approximate surface area is 121 Å². The molecule has 0 amide bonds. The Bertz CT molecular complexity index is 599. The van der Waals surface area contributed by atoms with Crippen LogP contribution in [0, 0.1) is 19.7 Å². The average molecular weight is 323 g/mol. The first-order valence-electron chi connectivity index (χ1n) is 6.11. The van der Waals surface area contributed by atoms with Gasteiger partial charge in [-0.3, -0.25) is 4.98 Å². The van der Waals surface area contributed by atoms with Gasteiger partial charge in [0.05, 0.1) is 4.47 Å². The van der Waals surface area contributed by atoms with Crippen molar-refractivity contribution >= 4 is 15.9 Å². The molecule has 100 valence electrons. The molecule has 19 heavy (non-hydrogen) atoms. The van der Waals surface area contributed by atoms with Crippen LogP contribution in [0.5, 0.6) is 0 Å². The molecular weight excluding hydrogens is 307 g/mol. The molecule has 2 nitrogen and oxygen atoms in total. The number of aromatic nitrogens is 1. The fourth-order valence-electron chi connectivity index (χ4n) is 2.14. The van der Waals surface area contributed by atoms with Crippen LogP contribution in [0.2, 0.25) is 0 Å². The van der Waals surface area contributed by atoms with Crippen LogP contribution < -0.4 is 5.73 Å². The lowest BCUT2D eigenvalue weighted by atomic mass is 9.98. The molecule has 2 aromatic rings. The highest BCUT2D eigenvalue weighted by Crippen LogP contribution is 2.25. The van der Waals surface area contributed by atoms with Gasteiger partial charge in [-0.25, -0.2) is 4.39 Å². The molecule has 1 aromatic carbocycles. The van der Waals surface area contributed by atoms with Crippen molar-refractivity contribution in [3.05, 3.63) is 63.1 Å². The number of hydrogen-bond donors (Lipinski definition) is 1. The minimum atomic E-state index is -0.261. The number of pyridine rings is 1. The molecule has 2 N–H and O–H groups in total. The Balaban J connectivity index is 2.25. The van der Waals surface area contributed by atoms with E-state index in [1.54, 1.807) is 6.07 Å². The Morgan fingerprint density at radius 3 is 2.68 bits per heavy atom. The lowest BCUT2D eigenvalue weighted by Gasteiger charge is -2.15. The molecule has 1 unspecified atom stereocenters. The van der Waals surface area contributed by atoms with Gasteiger partial charge in [0, 0.05) is 17.4 Å². The van der Waals surface area contributed by atoms with Gasteiger partial charge in [-0.05, 0) is 59.5 Å². The van der Waals surface area contributed by atoms with Crippen molar-refractivity contribution in [3.8, 4) is 0 Å². The first kappa shape index (κ1) is 14.2. The summed E-state index contributed by atoms with van der Waals surface area (Å²) >= 11 is 3.27. The molecule has 1 heterocycles. The standard InChI is InChI=1S/C15H16BrFN2/c1-9-6-7-12(10(2)19-9)14(18)8-11-4-3-5-13(17)15(11)16/h3-7,14H,8,18H2,1-2H3. The summed E-state index contributed by atoms with van der Waals surface area (Å²) in [6.45, 7) is 3.90. The first-order valence-corrected chi connectivity index (χ1v) is 6.91. The van der Waals surface area contributed by atoms with Gasteiger partial charge >= 0.3 is 0 Å². The van der Waals surface area contributed by atoms with E-state index in [1.807, 2.05) is 32.0 Å². The molecule has 0 saturated heterocycles. The van der Waals surface area contributed by atoms with Crippen molar-refractivity contribution in [2.75, 3.05) is 0 Å². The topological polar surface area (TPSA) is 38.9 Å². The average Bonchev–Trinajstić information content (AvgIpc) is 2.34. The number of nitrogens with two attached hydrogens (primary N) is 1. The molecule has 2 rings (SSSR count). The fourth-order valence-corrected chi connectivity index (χ4v) is 2.57. The smallest absolute Gasteiger partial charge is 0.137 e. The van der Waals surface area contributed by atoms with E-state index in [-0.39, 0.29) is 11.9 Å². The monoisotopic (exact) mass is 322 g/mol. The van der Waals surface area contributed by atoms with Crippen molar-refractivity contribution in [2.45, 2.75) is 26.3 Å². The van der Waals surface area contributed by atoms with Gasteiger partial charge in [-0.15, -0.1) is 0 Å². The number of hydrogen-bond acceptors (Lipinski definition) is 2. The van der Waals surface area contributed by atoms with Crippen molar-refractivity contribution in [1.82, 2.24) is 4.98 Å². The number of benzene rings is 1. The quantitative estimate of drug-likeness (QED) is 0.932. The summed E-state index contributed by atoms with van der Waals surface area (Å²) in [5, 5.41) is 0. The third-order valence-corrected chi connectivity index (χ3v) is 4.02. The second-order valence-electron chi connectivity index (χ2n) is 4.65. The second-order valence-corrected chi connectivity index (χ2v) is 5.44. The highest BCUT2D eigenvalue weighted by Gasteiger charge is 2.14. The predicted molar refractivity (Wildman–Crippen MR) is 78.4 cm³/mol. The minimum absolute atomic E-state index is 0.189. The van der Waals surface area contributed by atoms with E-state index in [4.69, 9.17) is 5.73 Å². The summed E-state index contributed by atoms with van der Waals surface area (Å²) in [5.74, 6) is -0.261. The molecule has 0 spiro atoms. The van der Waals surface area contributed by atoms with Crippen molar-refractivity contribution in [2.24, 2.45) is 5.73 Å². The Hall–Kier alpha value is -1.26. The van der Waals surface area contributed by atoms with Crippen LogP contribution in [-0.2, 0) is 6.42 Å². The molecular formula is C15H16BrFN2. The molecule has 0 aliphatic rings. The zero-order valence-electron chi connectivity index (χ0n) is 11.0. The van der Waals surface area contributed by atoms with Crippen LogP contribution in [-0.4, -0.2) is 4.98 Å². The van der Waals surface area contributed by atoms with Crippen LogP contribution >= 0.6 is 15.9 Å².